The van der Waals surface area contributed by atoms with E-state index in [0.717, 1.165) is 12.0 Å². The maximum atomic E-state index is 12.9. The Morgan fingerprint density at radius 1 is 1.38 bits per heavy atom. The molecule has 1 atom stereocenters. The lowest BCUT2D eigenvalue weighted by Gasteiger charge is -2.33. The van der Waals surface area contributed by atoms with Crippen LogP contribution in [0.15, 0.2) is 34.5 Å². The molecule has 5 nitrogen and oxygen atoms in total. The van der Waals surface area contributed by atoms with Crippen LogP contribution in [0.1, 0.15) is 33.8 Å². The molecule has 0 saturated heterocycles. The number of thiophene rings is 1. The van der Waals surface area contributed by atoms with Crippen molar-refractivity contribution in [1.82, 2.24) is 9.62 Å². The molecule has 1 aliphatic rings. The number of carbonyl (C=O) groups excluding carboxylic acids is 1. The lowest BCUT2D eigenvalue weighted by molar-refractivity contribution is 0.0679. The van der Waals surface area contributed by atoms with Gasteiger partial charge >= 0.3 is 0 Å². The highest BCUT2D eigenvalue weighted by molar-refractivity contribution is 7.89. The molecule has 1 amide bonds. The largest absolute Gasteiger partial charge is 0.331 e. The van der Waals surface area contributed by atoms with Crippen molar-refractivity contribution in [2.45, 2.75) is 24.3 Å². The summed E-state index contributed by atoms with van der Waals surface area (Å²) in [6.07, 6.45) is 0.818. The van der Waals surface area contributed by atoms with Gasteiger partial charge in [-0.15, -0.1) is 11.3 Å². The molecule has 2 heterocycles. The van der Waals surface area contributed by atoms with E-state index in [4.69, 9.17) is 11.6 Å². The summed E-state index contributed by atoms with van der Waals surface area (Å²) in [4.78, 5) is 15.9. The van der Waals surface area contributed by atoms with E-state index in [0.29, 0.717) is 12.1 Å². The summed E-state index contributed by atoms with van der Waals surface area (Å²) in [6.45, 7) is 2.61. The molecule has 1 aliphatic heterocycles. The third kappa shape index (κ3) is 2.97. The van der Waals surface area contributed by atoms with Crippen molar-refractivity contribution in [3.63, 3.8) is 0 Å². The molecule has 2 aromatic rings. The Hall–Kier alpha value is -1.41. The zero-order chi connectivity index (χ0) is 17.5. The Bertz CT molecular complexity index is 892. The predicted octanol–water partition coefficient (Wildman–Crippen LogP) is 3.07. The molecule has 1 N–H and O–H groups in total. The SMILES string of the molecule is CNS(=O)(=O)c1cc(C(=O)N2CCc3sccc3[C@@H]2C)ccc1Cl. The molecular formula is C16H17ClN2O3S2. The minimum Gasteiger partial charge on any atom is -0.331 e. The molecule has 1 aromatic carbocycles. The van der Waals surface area contributed by atoms with E-state index in [1.165, 1.54) is 24.1 Å². The lowest BCUT2D eigenvalue weighted by atomic mass is 10.0. The van der Waals surface area contributed by atoms with Crippen molar-refractivity contribution < 1.29 is 13.2 Å². The highest BCUT2D eigenvalue weighted by Gasteiger charge is 2.29. The summed E-state index contributed by atoms with van der Waals surface area (Å²) < 4.78 is 26.3. The number of hydrogen-bond acceptors (Lipinski definition) is 4. The Kier molecular flexibility index (Phi) is 4.70. The first-order valence-electron chi connectivity index (χ1n) is 7.45. The first-order valence-corrected chi connectivity index (χ1v) is 10.2. The number of halogens is 1. The van der Waals surface area contributed by atoms with Crippen LogP contribution < -0.4 is 4.72 Å². The van der Waals surface area contributed by atoms with Gasteiger partial charge in [-0.3, -0.25) is 4.79 Å². The number of fused-ring (bicyclic) bond motifs is 1. The molecule has 0 radical (unpaired) electrons. The van der Waals surface area contributed by atoms with Gasteiger partial charge in [0.1, 0.15) is 4.90 Å². The quantitative estimate of drug-likeness (QED) is 0.884. The minimum absolute atomic E-state index is 0.0347. The molecule has 8 heteroatoms. The van der Waals surface area contributed by atoms with Crippen LogP contribution in [0.5, 0.6) is 0 Å². The number of nitrogens with one attached hydrogen (secondary N) is 1. The van der Waals surface area contributed by atoms with Crippen LogP contribution in [0.3, 0.4) is 0 Å². The average molecular weight is 385 g/mol. The van der Waals surface area contributed by atoms with Crippen molar-refractivity contribution >= 4 is 38.9 Å². The van der Waals surface area contributed by atoms with Gasteiger partial charge in [0.2, 0.25) is 10.0 Å². The van der Waals surface area contributed by atoms with Gasteiger partial charge in [-0.05, 0) is 55.6 Å². The van der Waals surface area contributed by atoms with Crippen LogP contribution in [-0.4, -0.2) is 32.8 Å². The fourth-order valence-electron chi connectivity index (χ4n) is 2.91. The zero-order valence-corrected chi connectivity index (χ0v) is 15.6. The van der Waals surface area contributed by atoms with Gasteiger partial charge in [0.05, 0.1) is 11.1 Å². The number of nitrogens with zero attached hydrogens (tertiary/aromatic N) is 1. The number of hydrogen-bond donors (Lipinski definition) is 1. The fourth-order valence-corrected chi connectivity index (χ4v) is 5.12. The van der Waals surface area contributed by atoms with E-state index >= 15 is 0 Å². The first kappa shape index (κ1) is 17.4. The third-order valence-electron chi connectivity index (χ3n) is 4.27. The van der Waals surface area contributed by atoms with Crippen molar-refractivity contribution in [1.29, 1.82) is 0 Å². The van der Waals surface area contributed by atoms with Gasteiger partial charge in [0.25, 0.3) is 5.91 Å². The number of amides is 1. The van der Waals surface area contributed by atoms with Gasteiger partial charge < -0.3 is 4.90 Å². The average Bonchev–Trinajstić information content (AvgIpc) is 3.04. The van der Waals surface area contributed by atoms with Crippen molar-refractivity contribution in [2.24, 2.45) is 0 Å². The Morgan fingerprint density at radius 3 is 2.83 bits per heavy atom. The third-order valence-corrected chi connectivity index (χ3v) is 7.17. The summed E-state index contributed by atoms with van der Waals surface area (Å²) in [5.41, 5.74) is 1.48. The number of sulfonamides is 1. The van der Waals surface area contributed by atoms with Gasteiger partial charge in [0, 0.05) is 17.0 Å². The summed E-state index contributed by atoms with van der Waals surface area (Å²) >= 11 is 7.69. The van der Waals surface area contributed by atoms with Crippen LogP contribution in [-0.2, 0) is 16.4 Å². The standard InChI is InChI=1S/C16H17ClN2O3S2/c1-10-12-6-8-23-14(12)5-7-19(10)16(20)11-3-4-13(17)15(9-11)24(21,22)18-2/h3-4,6,8-10,18H,5,7H2,1-2H3/t10-/m0/s1. The number of carbonyl (C=O) groups is 1. The smallest absolute Gasteiger partial charge is 0.254 e. The van der Waals surface area contributed by atoms with Crippen molar-refractivity contribution in [2.75, 3.05) is 13.6 Å². The highest BCUT2D eigenvalue weighted by Crippen LogP contribution is 2.34. The topological polar surface area (TPSA) is 66.5 Å². The molecule has 24 heavy (non-hydrogen) atoms. The van der Waals surface area contributed by atoms with Crippen LogP contribution >= 0.6 is 22.9 Å². The summed E-state index contributed by atoms with van der Waals surface area (Å²) in [5.74, 6) is -0.191. The molecule has 0 aliphatic carbocycles. The van der Waals surface area contributed by atoms with E-state index in [1.807, 2.05) is 18.4 Å². The number of rotatable bonds is 3. The molecule has 0 saturated carbocycles. The molecule has 1 aromatic heterocycles. The van der Waals surface area contributed by atoms with Gasteiger partial charge in [-0.25, -0.2) is 13.1 Å². The zero-order valence-electron chi connectivity index (χ0n) is 13.2. The Labute approximate surface area is 150 Å². The second-order valence-electron chi connectivity index (χ2n) is 5.58. The van der Waals surface area contributed by atoms with E-state index < -0.39 is 10.0 Å². The predicted molar refractivity (Wildman–Crippen MR) is 95.2 cm³/mol. The normalized spacial score (nSPS) is 17.6. The summed E-state index contributed by atoms with van der Waals surface area (Å²) in [7, 11) is -2.41. The Balaban J connectivity index is 1.96. The first-order chi connectivity index (χ1) is 11.3. The van der Waals surface area contributed by atoms with Crippen molar-refractivity contribution in [3.05, 3.63) is 50.7 Å². The van der Waals surface area contributed by atoms with Gasteiger partial charge in [-0.1, -0.05) is 11.6 Å². The molecular weight excluding hydrogens is 368 g/mol. The molecule has 0 fully saturated rings. The molecule has 0 unspecified atom stereocenters. The van der Waals surface area contributed by atoms with Crippen LogP contribution in [0.4, 0.5) is 0 Å². The van der Waals surface area contributed by atoms with Crippen molar-refractivity contribution in [3.8, 4) is 0 Å². The van der Waals surface area contributed by atoms with Crippen LogP contribution in [0.25, 0.3) is 0 Å². The number of benzene rings is 1. The second kappa shape index (κ2) is 6.48. The van der Waals surface area contributed by atoms with E-state index in [2.05, 4.69) is 4.72 Å². The van der Waals surface area contributed by atoms with Gasteiger partial charge in [-0.2, -0.15) is 0 Å². The molecule has 3 rings (SSSR count). The highest BCUT2D eigenvalue weighted by atomic mass is 35.5. The maximum absolute atomic E-state index is 12.9. The van der Waals surface area contributed by atoms with Gasteiger partial charge in [0.15, 0.2) is 0 Å². The molecule has 128 valence electrons. The Morgan fingerprint density at radius 2 is 2.12 bits per heavy atom. The monoisotopic (exact) mass is 384 g/mol. The van der Waals surface area contributed by atoms with Crippen LogP contribution in [0, 0.1) is 0 Å². The van der Waals surface area contributed by atoms with E-state index in [-0.39, 0.29) is 21.9 Å². The fraction of sp³-hybridized carbons (Fsp3) is 0.312. The minimum atomic E-state index is -3.72. The van der Waals surface area contributed by atoms with Crippen LogP contribution in [0.2, 0.25) is 5.02 Å². The maximum Gasteiger partial charge on any atom is 0.254 e. The summed E-state index contributed by atoms with van der Waals surface area (Å²) in [6, 6.07) is 6.36. The molecule has 0 spiro atoms. The lowest BCUT2D eigenvalue weighted by Crippen LogP contribution is -2.38. The van der Waals surface area contributed by atoms with E-state index in [9.17, 15) is 13.2 Å². The second-order valence-corrected chi connectivity index (χ2v) is 8.84. The molecule has 0 bridgehead atoms. The summed E-state index contributed by atoms with van der Waals surface area (Å²) in [5, 5.41) is 2.13. The van der Waals surface area contributed by atoms with E-state index in [1.54, 1.807) is 22.3 Å².